The van der Waals surface area contributed by atoms with E-state index in [-0.39, 0.29) is 42.3 Å². The van der Waals surface area contributed by atoms with Gasteiger partial charge >= 0.3 is 6.03 Å². The third-order valence-electron chi connectivity index (χ3n) is 5.60. The zero-order valence-corrected chi connectivity index (χ0v) is 16.8. The van der Waals surface area contributed by atoms with Crippen LogP contribution in [0.2, 0.25) is 0 Å². The summed E-state index contributed by atoms with van der Waals surface area (Å²) in [6.45, 7) is 3.80. The van der Waals surface area contributed by atoms with Crippen LogP contribution in [0, 0.1) is 5.92 Å². The Hall–Kier alpha value is -1.87. The zero-order chi connectivity index (χ0) is 18.8. The summed E-state index contributed by atoms with van der Waals surface area (Å²) in [5.41, 5.74) is 8.14. The summed E-state index contributed by atoms with van der Waals surface area (Å²) in [5, 5.41) is 12.2. The SMILES string of the molecule is CC(NC(=O)C1NNC2CCNCC21)c1ccc(NC(=O)NC2CC2)cc1.Cl. The summed E-state index contributed by atoms with van der Waals surface area (Å²) >= 11 is 0. The topological polar surface area (TPSA) is 106 Å². The Kier molecular flexibility index (Phi) is 6.77. The molecule has 4 rings (SSSR count). The number of nitrogens with one attached hydrogen (secondary N) is 6. The molecular formula is C19H29ClN6O2. The van der Waals surface area contributed by atoms with Crippen molar-refractivity contribution in [2.75, 3.05) is 18.4 Å². The molecule has 0 spiro atoms. The lowest BCUT2D eigenvalue weighted by Crippen LogP contribution is -2.49. The molecule has 3 fully saturated rings. The molecule has 9 heteroatoms. The largest absolute Gasteiger partial charge is 0.348 e. The van der Waals surface area contributed by atoms with Gasteiger partial charge in [-0.3, -0.25) is 10.2 Å². The van der Waals surface area contributed by atoms with Crippen LogP contribution in [-0.2, 0) is 4.79 Å². The summed E-state index contributed by atoms with van der Waals surface area (Å²) in [5.74, 6) is 0.278. The Balaban J connectivity index is 0.00000225. The van der Waals surface area contributed by atoms with Gasteiger partial charge in [0.05, 0.1) is 6.04 Å². The third kappa shape index (κ3) is 4.94. The summed E-state index contributed by atoms with van der Waals surface area (Å²) in [6.07, 6.45) is 3.15. The lowest BCUT2D eigenvalue weighted by Gasteiger charge is -2.28. The first-order chi connectivity index (χ1) is 13.1. The molecule has 1 aromatic rings. The molecule has 2 heterocycles. The summed E-state index contributed by atoms with van der Waals surface area (Å²) in [4.78, 5) is 24.5. The number of piperidine rings is 1. The Morgan fingerprint density at radius 1 is 1.11 bits per heavy atom. The van der Waals surface area contributed by atoms with Gasteiger partial charge in [0.1, 0.15) is 6.04 Å². The Bertz CT molecular complexity index is 696. The maximum Gasteiger partial charge on any atom is 0.319 e. The average Bonchev–Trinajstić information content (AvgIpc) is 3.36. The first kappa shape index (κ1) is 20.9. The van der Waals surface area contributed by atoms with Crippen molar-refractivity contribution in [3.8, 4) is 0 Å². The van der Waals surface area contributed by atoms with Crippen molar-refractivity contribution < 1.29 is 9.59 Å². The zero-order valence-electron chi connectivity index (χ0n) is 16.0. The number of carbonyl (C=O) groups excluding carboxylic acids is 2. The molecule has 1 aromatic carbocycles. The quantitative estimate of drug-likeness (QED) is 0.436. The molecule has 2 saturated heterocycles. The van der Waals surface area contributed by atoms with Crippen LogP contribution in [0.1, 0.15) is 37.8 Å². The van der Waals surface area contributed by atoms with E-state index >= 15 is 0 Å². The number of hydrogen-bond acceptors (Lipinski definition) is 5. The van der Waals surface area contributed by atoms with Gasteiger partial charge in [-0.05, 0) is 50.4 Å². The number of rotatable bonds is 5. The van der Waals surface area contributed by atoms with E-state index < -0.39 is 0 Å². The lowest BCUT2D eigenvalue weighted by atomic mass is 9.89. The number of halogens is 1. The predicted molar refractivity (Wildman–Crippen MR) is 110 cm³/mol. The van der Waals surface area contributed by atoms with Crippen molar-refractivity contribution in [2.24, 2.45) is 5.92 Å². The monoisotopic (exact) mass is 408 g/mol. The van der Waals surface area contributed by atoms with E-state index in [1.165, 1.54) is 0 Å². The highest BCUT2D eigenvalue weighted by molar-refractivity contribution is 5.89. The molecule has 3 amide bonds. The molecule has 0 radical (unpaired) electrons. The van der Waals surface area contributed by atoms with Gasteiger partial charge in [-0.15, -0.1) is 12.4 Å². The van der Waals surface area contributed by atoms with E-state index in [1.54, 1.807) is 0 Å². The van der Waals surface area contributed by atoms with Crippen LogP contribution in [-0.4, -0.2) is 43.2 Å². The summed E-state index contributed by atoms with van der Waals surface area (Å²) < 4.78 is 0. The molecular weight excluding hydrogens is 380 g/mol. The molecule has 154 valence electrons. The molecule has 0 bridgehead atoms. The number of hydrazine groups is 1. The highest BCUT2D eigenvalue weighted by Crippen LogP contribution is 2.22. The third-order valence-corrected chi connectivity index (χ3v) is 5.60. The van der Waals surface area contributed by atoms with Gasteiger partial charge < -0.3 is 21.3 Å². The molecule has 3 aliphatic rings. The predicted octanol–water partition coefficient (Wildman–Crippen LogP) is 1.02. The number of urea groups is 1. The van der Waals surface area contributed by atoms with Crippen molar-refractivity contribution in [2.45, 2.75) is 50.4 Å². The Morgan fingerprint density at radius 2 is 1.86 bits per heavy atom. The van der Waals surface area contributed by atoms with Crippen LogP contribution in [0.25, 0.3) is 0 Å². The summed E-state index contributed by atoms with van der Waals surface area (Å²) in [6, 6.07) is 7.78. The fourth-order valence-corrected chi connectivity index (χ4v) is 3.80. The van der Waals surface area contributed by atoms with Crippen molar-refractivity contribution in [3.63, 3.8) is 0 Å². The molecule has 1 saturated carbocycles. The molecule has 28 heavy (non-hydrogen) atoms. The van der Waals surface area contributed by atoms with Crippen LogP contribution in [0.5, 0.6) is 0 Å². The van der Waals surface area contributed by atoms with E-state index in [9.17, 15) is 9.59 Å². The van der Waals surface area contributed by atoms with Crippen molar-refractivity contribution >= 4 is 30.0 Å². The first-order valence-electron chi connectivity index (χ1n) is 9.80. The average molecular weight is 409 g/mol. The molecule has 1 aliphatic carbocycles. The normalized spacial score (nSPS) is 27.1. The van der Waals surface area contributed by atoms with Crippen LogP contribution in [0.3, 0.4) is 0 Å². The smallest absolute Gasteiger partial charge is 0.319 e. The van der Waals surface area contributed by atoms with Crippen LogP contribution < -0.4 is 32.1 Å². The maximum absolute atomic E-state index is 12.7. The van der Waals surface area contributed by atoms with Crippen LogP contribution in [0.4, 0.5) is 10.5 Å². The van der Waals surface area contributed by atoms with E-state index in [2.05, 4.69) is 32.1 Å². The van der Waals surface area contributed by atoms with Gasteiger partial charge in [0.25, 0.3) is 0 Å². The number of hydrogen-bond donors (Lipinski definition) is 6. The number of benzene rings is 1. The highest BCUT2D eigenvalue weighted by Gasteiger charge is 2.41. The van der Waals surface area contributed by atoms with Gasteiger partial charge in [-0.25, -0.2) is 10.2 Å². The molecule has 4 unspecified atom stereocenters. The van der Waals surface area contributed by atoms with Gasteiger partial charge in [-0.1, -0.05) is 12.1 Å². The van der Waals surface area contributed by atoms with E-state index in [1.807, 2.05) is 31.2 Å². The minimum absolute atomic E-state index is 0. The standard InChI is InChI=1S/C19H28N6O2.ClH/c1-11(21-18(26)17-15-10-20-9-8-16(15)24-25-17)12-2-4-13(5-3-12)22-19(27)23-14-6-7-14;/h2-5,11,14-17,20,24-25H,6-10H2,1H3,(H,21,26)(H2,22,23,27);1H. The highest BCUT2D eigenvalue weighted by atomic mass is 35.5. The Labute approximate surface area is 171 Å². The second-order valence-corrected chi connectivity index (χ2v) is 7.75. The van der Waals surface area contributed by atoms with E-state index in [0.29, 0.717) is 12.1 Å². The van der Waals surface area contributed by atoms with Gasteiger partial charge in [0.2, 0.25) is 5.91 Å². The first-order valence-corrected chi connectivity index (χ1v) is 9.80. The van der Waals surface area contributed by atoms with Crippen molar-refractivity contribution in [3.05, 3.63) is 29.8 Å². The molecule has 4 atom stereocenters. The fraction of sp³-hybridized carbons (Fsp3) is 0.579. The van der Waals surface area contributed by atoms with E-state index in [4.69, 9.17) is 0 Å². The van der Waals surface area contributed by atoms with Gasteiger partial charge in [0.15, 0.2) is 0 Å². The van der Waals surface area contributed by atoms with Crippen LogP contribution >= 0.6 is 12.4 Å². The number of fused-ring (bicyclic) bond motifs is 1. The summed E-state index contributed by atoms with van der Waals surface area (Å²) in [7, 11) is 0. The van der Waals surface area contributed by atoms with E-state index in [0.717, 1.165) is 43.6 Å². The van der Waals surface area contributed by atoms with Gasteiger partial charge in [0, 0.05) is 30.2 Å². The number of carbonyl (C=O) groups is 2. The second kappa shape index (κ2) is 9.09. The van der Waals surface area contributed by atoms with Gasteiger partial charge in [-0.2, -0.15) is 0 Å². The minimum Gasteiger partial charge on any atom is -0.348 e. The maximum atomic E-state index is 12.7. The molecule has 6 N–H and O–H groups in total. The molecule has 2 aliphatic heterocycles. The number of amides is 3. The van der Waals surface area contributed by atoms with Crippen LogP contribution in [0.15, 0.2) is 24.3 Å². The Morgan fingerprint density at radius 3 is 2.57 bits per heavy atom. The van der Waals surface area contributed by atoms with Crippen molar-refractivity contribution in [1.82, 2.24) is 26.8 Å². The second-order valence-electron chi connectivity index (χ2n) is 7.75. The minimum atomic E-state index is -0.225. The molecule has 0 aromatic heterocycles. The number of anilines is 1. The lowest BCUT2D eigenvalue weighted by molar-refractivity contribution is -0.124. The van der Waals surface area contributed by atoms with Crippen molar-refractivity contribution in [1.29, 1.82) is 0 Å². The fourth-order valence-electron chi connectivity index (χ4n) is 3.80. The molecule has 8 nitrogen and oxygen atoms in total.